The Balaban J connectivity index is 1.36. The van der Waals surface area contributed by atoms with Crippen molar-refractivity contribution in [1.82, 2.24) is 19.5 Å². The molecule has 0 aliphatic carbocycles. The fourth-order valence-electron chi connectivity index (χ4n) is 4.07. The molecule has 0 unspecified atom stereocenters. The van der Waals surface area contributed by atoms with Crippen molar-refractivity contribution in [2.75, 3.05) is 57.7 Å². The van der Waals surface area contributed by atoms with Gasteiger partial charge in [0.1, 0.15) is 34.6 Å². The van der Waals surface area contributed by atoms with Crippen molar-refractivity contribution in [2.24, 2.45) is 5.73 Å². The third-order valence-corrected chi connectivity index (χ3v) is 6.91. The number of amides is 3. The number of hydrogen-bond donors (Lipinski definition) is 4. The number of piperazine rings is 1. The molecule has 1 aromatic heterocycles. The molecular weight excluding hydrogens is 525 g/mol. The van der Waals surface area contributed by atoms with Crippen molar-refractivity contribution in [3.8, 4) is 5.88 Å². The van der Waals surface area contributed by atoms with Gasteiger partial charge in [-0.15, -0.1) is 0 Å². The molecule has 0 atom stereocenters. The zero-order chi connectivity index (χ0) is 27.5. The van der Waals surface area contributed by atoms with Crippen LogP contribution in [0.1, 0.15) is 41.6 Å². The molecule has 2 aromatic rings. The zero-order valence-electron chi connectivity index (χ0n) is 21.0. The molecular formula is C24H33F3N6O4S. The van der Waals surface area contributed by atoms with Gasteiger partial charge in [-0.2, -0.15) is 4.37 Å². The Morgan fingerprint density at radius 3 is 2.29 bits per heavy atom. The van der Waals surface area contributed by atoms with Gasteiger partial charge in [-0.1, -0.05) is 12.8 Å². The lowest BCUT2D eigenvalue weighted by molar-refractivity contribution is 0.0996. The maximum Gasteiger partial charge on any atom is 0.319 e. The summed E-state index contributed by atoms with van der Waals surface area (Å²) >= 11 is 0.730. The quantitative estimate of drug-likeness (QED) is 0.262. The number of rotatable bonds is 14. The maximum atomic E-state index is 13.8. The Morgan fingerprint density at radius 1 is 1.03 bits per heavy atom. The van der Waals surface area contributed by atoms with Crippen molar-refractivity contribution in [1.29, 1.82) is 0 Å². The van der Waals surface area contributed by atoms with E-state index in [4.69, 9.17) is 15.6 Å². The summed E-state index contributed by atoms with van der Waals surface area (Å²) in [5.74, 6) is -4.60. The maximum absolute atomic E-state index is 13.8. The number of nitrogens with one attached hydrogen (secondary N) is 2. The molecule has 1 fully saturated rings. The Kier molecular flexibility index (Phi) is 11.6. The number of carbonyl (C=O) groups is 2. The first-order valence-electron chi connectivity index (χ1n) is 12.4. The smallest absolute Gasteiger partial charge is 0.319 e. The summed E-state index contributed by atoms with van der Waals surface area (Å²) in [5.41, 5.74) is 4.62. The fourth-order valence-corrected chi connectivity index (χ4v) is 4.80. The van der Waals surface area contributed by atoms with Gasteiger partial charge in [-0.3, -0.25) is 15.0 Å². The second-order valence-corrected chi connectivity index (χ2v) is 9.67. The lowest BCUT2D eigenvalue weighted by Gasteiger charge is -2.34. The molecule has 2 heterocycles. The summed E-state index contributed by atoms with van der Waals surface area (Å²) in [6, 6.07) is 0.467. The van der Waals surface area contributed by atoms with Gasteiger partial charge in [-0.25, -0.2) is 18.0 Å². The molecule has 10 nitrogen and oxygen atoms in total. The summed E-state index contributed by atoms with van der Waals surface area (Å²) in [6.07, 6.45) is 3.85. The molecule has 0 radical (unpaired) electrons. The van der Waals surface area contributed by atoms with Crippen LogP contribution in [-0.2, 0) is 6.61 Å². The normalized spacial score (nSPS) is 14.4. The largest absolute Gasteiger partial charge is 0.471 e. The summed E-state index contributed by atoms with van der Waals surface area (Å²) < 4.78 is 49.9. The second-order valence-electron chi connectivity index (χ2n) is 8.89. The van der Waals surface area contributed by atoms with E-state index in [1.165, 1.54) is 0 Å². The Hall–Kier alpha value is -2.94. The highest BCUT2D eigenvalue weighted by Crippen LogP contribution is 2.31. The number of anilines is 1. The van der Waals surface area contributed by atoms with Crippen molar-refractivity contribution in [3.05, 3.63) is 40.7 Å². The molecule has 3 rings (SSSR count). The number of aromatic nitrogens is 1. The number of ether oxygens (including phenoxy) is 1. The lowest BCUT2D eigenvalue weighted by atomic mass is 10.2. The van der Waals surface area contributed by atoms with Crippen LogP contribution in [0, 0.1) is 17.5 Å². The van der Waals surface area contributed by atoms with Crippen LogP contribution >= 0.6 is 11.5 Å². The van der Waals surface area contributed by atoms with E-state index in [0.29, 0.717) is 18.7 Å². The van der Waals surface area contributed by atoms with E-state index in [-0.39, 0.29) is 23.1 Å². The van der Waals surface area contributed by atoms with E-state index in [0.717, 1.165) is 76.5 Å². The number of primary amides is 1. The predicted octanol–water partition coefficient (Wildman–Crippen LogP) is 2.53. The van der Waals surface area contributed by atoms with Gasteiger partial charge in [0, 0.05) is 51.4 Å². The molecule has 1 saturated heterocycles. The minimum Gasteiger partial charge on any atom is -0.471 e. The van der Waals surface area contributed by atoms with E-state index in [9.17, 15) is 22.8 Å². The Bertz CT molecular complexity index is 1060. The van der Waals surface area contributed by atoms with Crippen LogP contribution in [0.4, 0.5) is 23.0 Å². The summed E-state index contributed by atoms with van der Waals surface area (Å²) in [4.78, 5) is 28.9. The van der Waals surface area contributed by atoms with Crippen molar-refractivity contribution < 1.29 is 32.6 Å². The number of halogens is 3. The molecule has 38 heavy (non-hydrogen) atoms. The number of urea groups is 1. The highest BCUT2D eigenvalue weighted by Gasteiger charge is 2.23. The summed E-state index contributed by atoms with van der Waals surface area (Å²) in [7, 11) is 0. The van der Waals surface area contributed by atoms with Gasteiger partial charge < -0.3 is 25.8 Å². The topological polar surface area (TPSA) is 133 Å². The van der Waals surface area contributed by atoms with Crippen LogP contribution < -0.4 is 21.1 Å². The van der Waals surface area contributed by atoms with E-state index in [2.05, 4.69) is 24.8 Å². The molecule has 1 aliphatic heterocycles. The first kappa shape index (κ1) is 29.6. The van der Waals surface area contributed by atoms with Crippen LogP contribution in [-0.4, -0.2) is 83.6 Å². The van der Waals surface area contributed by atoms with Crippen molar-refractivity contribution >= 4 is 28.5 Å². The van der Waals surface area contributed by atoms with Crippen molar-refractivity contribution in [3.63, 3.8) is 0 Å². The molecule has 210 valence electrons. The monoisotopic (exact) mass is 558 g/mol. The molecule has 1 aliphatic rings. The highest BCUT2D eigenvalue weighted by molar-refractivity contribution is 7.11. The van der Waals surface area contributed by atoms with Crippen LogP contribution in [0.25, 0.3) is 0 Å². The number of hydrogen-bond acceptors (Lipinski definition) is 8. The number of benzene rings is 1. The van der Waals surface area contributed by atoms with Gasteiger partial charge in [0.25, 0.3) is 5.91 Å². The van der Waals surface area contributed by atoms with Gasteiger partial charge in [-0.05, 0) is 30.9 Å². The molecule has 0 spiro atoms. The molecule has 14 heteroatoms. The van der Waals surface area contributed by atoms with Gasteiger partial charge in [0.15, 0.2) is 0 Å². The van der Waals surface area contributed by atoms with Gasteiger partial charge >= 0.3 is 6.03 Å². The number of carbonyl (C=O) groups excluding carboxylic acids is 2. The predicted molar refractivity (Wildman–Crippen MR) is 137 cm³/mol. The van der Waals surface area contributed by atoms with Crippen molar-refractivity contribution in [2.45, 2.75) is 32.3 Å². The number of unbranched alkanes of at least 4 members (excludes halogenated alkanes) is 3. The molecule has 5 N–H and O–H groups in total. The number of aliphatic hydroxyl groups is 1. The van der Waals surface area contributed by atoms with Crippen LogP contribution in [0.5, 0.6) is 5.88 Å². The van der Waals surface area contributed by atoms with E-state index in [1.54, 1.807) is 0 Å². The average molecular weight is 559 g/mol. The fraction of sp³-hybridized carbons (Fsp3) is 0.542. The molecule has 1 aromatic carbocycles. The van der Waals surface area contributed by atoms with E-state index < -0.39 is 41.6 Å². The first-order valence-corrected chi connectivity index (χ1v) is 13.2. The van der Waals surface area contributed by atoms with Gasteiger partial charge in [0.05, 0.1) is 12.2 Å². The van der Waals surface area contributed by atoms with E-state index >= 15 is 0 Å². The minimum atomic E-state index is -1.15. The van der Waals surface area contributed by atoms with Gasteiger partial charge in [0.2, 0.25) is 5.88 Å². The van der Waals surface area contributed by atoms with E-state index in [1.807, 2.05) is 0 Å². The number of nitrogens with two attached hydrogens (primary N) is 1. The highest BCUT2D eigenvalue weighted by atomic mass is 32.1. The number of β-amino-alcohol motifs (C(OH)–C–C–N with tert-alkyl or cyclic N) is 1. The zero-order valence-corrected chi connectivity index (χ0v) is 21.8. The molecule has 3 amide bonds. The Labute approximate surface area is 223 Å². The van der Waals surface area contributed by atoms with Crippen LogP contribution in [0.15, 0.2) is 12.1 Å². The lowest BCUT2D eigenvalue weighted by Crippen LogP contribution is -2.47. The third-order valence-electron chi connectivity index (χ3n) is 6.16. The molecule has 0 saturated carbocycles. The summed E-state index contributed by atoms with van der Waals surface area (Å²) in [5, 5.41) is 14.2. The number of nitrogens with zero attached hydrogens (tertiary/aromatic N) is 3. The molecule has 0 bridgehead atoms. The Morgan fingerprint density at radius 2 is 1.66 bits per heavy atom. The second kappa shape index (κ2) is 14.9. The third kappa shape index (κ3) is 8.82. The van der Waals surface area contributed by atoms with Crippen LogP contribution in [0.3, 0.4) is 0 Å². The standard InChI is InChI=1S/C24H33F3N6O4S/c25-16-13-18(26)17(19(27)14-16)15-37-22-20(21(28)35)23(38-31-22)30-24(36)29-5-3-1-2-4-6-32-7-9-33(10-8-32)11-12-34/h13-14,34H,1-12,15H2,(H2,28,35)(H2,29,30,36). The first-order chi connectivity index (χ1) is 18.3. The SMILES string of the molecule is NC(=O)c1c(OCc2c(F)cc(F)cc2F)nsc1NC(=O)NCCCCCCN1CCN(CCO)CC1. The number of aliphatic hydroxyl groups excluding tert-OH is 1. The minimum absolute atomic E-state index is 0.0316. The summed E-state index contributed by atoms with van der Waals surface area (Å²) in [6.45, 7) is 5.73. The average Bonchev–Trinajstić information content (AvgIpc) is 3.26. The van der Waals surface area contributed by atoms with Crippen LogP contribution in [0.2, 0.25) is 0 Å².